The van der Waals surface area contributed by atoms with Gasteiger partial charge in [-0.3, -0.25) is 4.79 Å². The van der Waals surface area contributed by atoms with Crippen LogP contribution >= 0.6 is 34.9 Å². The molecule has 0 atom stereocenters. The van der Waals surface area contributed by atoms with Crippen molar-refractivity contribution in [2.75, 3.05) is 18.2 Å². The van der Waals surface area contributed by atoms with E-state index in [1.807, 2.05) is 38.1 Å². The minimum atomic E-state index is -0.0345. The van der Waals surface area contributed by atoms with E-state index >= 15 is 0 Å². The molecule has 0 aliphatic heterocycles. The Labute approximate surface area is 183 Å². The van der Waals surface area contributed by atoms with Crippen molar-refractivity contribution in [1.82, 2.24) is 10.2 Å². The molecule has 2 aromatic carbocycles. The monoisotopic (exact) mass is 445 g/mol. The number of carbonyl (C=O) groups is 1. The Hall–Kier alpha value is -2.03. The molecule has 1 aromatic heterocycles. The number of nitrogens with one attached hydrogen (secondary N) is 1. The Bertz CT molecular complexity index is 964. The quantitative estimate of drug-likeness (QED) is 0.462. The van der Waals surface area contributed by atoms with Crippen molar-refractivity contribution < 1.29 is 9.53 Å². The molecule has 3 rings (SSSR count). The molecule has 0 saturated carbocycles. The minimum absolute atomic E-state index is 0.0345. The fourth-order valence-corrected chi connectivity index (χ4v) is 5.64. The lowest BCUT2D eigenvalue weighted by Crippen LogP contribution is -2.15. The number of carbonyl (C=O) groups excluding carboxylic acids is 1. The zero-order valence-electron chi connectivity index (χ0n) is 16.8. The van der Waals surface area contributed by atoms with Crippen molar-refractivity contribution in [2.45, 2.75) is 35.2 Å². The zero-order valence-corrected chi connectivity index (χ0v) is 19.3. The van der Waals surface area contributed by atoms with E-state index in [0.29, 0.717) is 5.75 Å². The molecule has 0 saturated heterocycles. The van der Waals surface area contributed by atoms with Crippen LogP contribution in [0.25, 0.3) is 0 Å². The van der Waals surface area contributed by atoms with Crippen LogP contribution in [0.15, 0.2) is 45.1 Å². The van der Waals surface area contributed by atoms with Gasteiger partial charge in [0.05, 0.1) is 12.9 Å². The first-order valence-corrected chi connectivity index (χ1v) is 11.8. The number of benzene rings is 2. The van der Waals surface area contributed by atoms with Crippen molar-refractivity contribution in [3.05, 3.63) is 58.7 Å². The Kier molecular flexibility index (Phi) is 7.57. The van der Waals surface area contributed by atoms with Crippen LogP contribution < -0.4 is 10.1 Å². The second-order valence-electron chi connectivity index (χ2n) is 6.58. The second-order valence-corrected chi connectivity index (χ2v) is 10.0. The van der Waals surface area contributed by atoms with E-state index in [1.165, 1.54) is 34.2 Å². The SMILES string of the molecule is COc1ccc(CSc2nnc(SCC(=O)Nc3c(C)cc(C)cc3C)s2)cc1. The highest BCUT2D eigenvalue weighted by molar-refractivity contribution is 8.03. The Morgan fingerprint density at radius 3 is 2.28 bits per heavy atom. The van der Waals surface area contributed by atoms with Gasteiger partial charge in [-0.15, -0.1) is 10.2 Å². The summed E-state index contributed by atoms with van der Waals surface area (Å²) < 4.78 is 6.87. The third-order valence-corrected chi connectivity index (χ3v) is 7.44. The standard InChI is InChI=1S/C21H23N3O2S3/c1-13-9-14(2)19(15(3)10-13)22-18(25)12-28-21-24-23-20(29-21)27-11-16-5-7-17(26-4)8-6-16/h5-10H,11-12H2,1-4H3,(H,22,25). The van der Waals surface area contributed by atoms with Gasteiger partial charge in [0.25, 0.3) is 0 Å². The van der Waals surface area contributed by atoms with Crippen LogP contribution in [0.5, 0.6) is 5.75 Å². The first-order chi connectivity index (χ1) is 13.9. The van der Waals surface area contributed by atoms with Crippen LogP contribution in [0.1, 0.15) is 22.3 Å². The van der Waals surface area contributed by atoms with Gasteiger partial charge < -0.3 is 10.1 Å². The Morgan fingerprint density at radius 1 is 1.03 bits per heavy atom. The number of hydrogen-bond acceptors (Lipinski definition) is 7. The molecule has 5 nitrogen and oxygen atoms in total. The lowest BCUT2D eigenvalue weighted by molar-refractivity contribution is -0.113. The highest BCUT2D eigenvalue weighted by atomic mass is 32.2. The molecule has 0 unspecified atom stereocenters. The summed E-state index contributed by atoms with van der Waals surface area (Å²) in [7, 11) is 1.66. The number of thioether (sulfide) groups is 2. The maximum atomic E-state index is 12.4. The van der Waals surface area contributed by atoms with Crippen LogP contribution in [0, 0.1) is 20.8 Å². The third kappa shape index (κ3) is 6.22. The summed E-state index contributed by atoms with van der Waals surface area (Å²) >= 11 is 4.57. The summed E-state index contributed by atoms with van der Waals surface area (Å²) in [6.45, 7) is 6.08. The number of methoxy groups -OCH3 is 1. The maximum absolute atomic E-state index is 12.4. The molecule has 0 fully saturated rings. The molecule has 1 heterocycles. The predicted octanol–water partition coefficient (Wildman–Crippen LogP) is 5.50. The lowest BCUT2D eigenvalue weighted by atomic mass is 10.1. The smallest absolute Gasteiger partial charge is 0.234 e. The van der Waals surface area contributed by atoms with Crippen molar-refractivity contribution in [3.63, 3.8) is 0 Å². The van der Waals surface area contributed by atoms with Gasteiger partial charge in [0.2, 0.25) is 5.91 Å². The van der Waals surface area contributed by atoms with Gasteiger partial charge in [0, 0.05) is 11.4 Å². The molecule has 0 aliphatic rings. The van der Waals surface area contributed by atoms with E-state index < -0.39 is 0 Å². The lowest BCUT2D eigenvalue weighted by Gasteiger charge is -2.12. The van der Waals surface area contributed by atoms with E-state index in [4.69, 9.17) is 4.74 Å². The fraction of sp³-hybridized carbons (Fsp3) is 0.286. The van der Waals surface area contributed by atoms with E-state index in [2.05, 4.69) is 34.6 Å². The van der Waals surface area contributed by atoms with Gasteiger partial charge in [0.15, 0.2) is 8.68 Å². The molecule has 29 heavy (non-hydrogen) atoms. The number of rotatable bonds is 8. The van der Waals surface area contributed by atoms with E-state index in [0.717, 1.165) is 37.0 Å². The number of aryl methyl sites for hydroxylation is 3. The summed E-state index contributed by atoms with van der Waals surface area (Å²) in [5, 5.41) is 11.4. The fourth-order valence-electron chi connectivity index (χ4n) is 2.86. The average Bonchev–Trinajstić information content (AvgIpc) is 3.16. The first kappa shape index (κ1) is 21.7. The molecular formula is C21H23N3O2S3. The Balaban J connectivity index is 1.49. The van der Waals surface area contributed by atoms with E-state index in [1.54, 1.807) is 18.9 Å². The van der Waals surface area contributed by atoms with E-state index in [-0.39, 0.29) is 5.91 Å². The van der Waals surface area contributed by atoms with Crippen LogP contribution in [-0.4, -0.2) is 29.0 Å². The van der Waals surface area contributed by atoms with Crippen molar-refractivity contribution in [2.24, 2.45) is 0 Å². The number of ether oxygens (including phenoxy) is 1. The molecule has 3 aromatic rings. The molecule has 1 N–H and O–H groups in total. The minimum Gasteiger partial charge on any atom is -0.497 e. The number of nitrogens with zero attached hydrogens (tertiary/aromatic N) is 2. The number of anilines is 1. The zero-order chi connectivity index (χ0) is 20.8. The van der Waals surface area contributed by atoms with Gasteiger partial charge in [-0.1, -0.05) is 64.7 Å². The van der Waals surface area contributed by atoms with Gasteiger partial charge in [-0.05, 0) is 49.6 Å². The van der Waals surface area contributed by atoms with Gasteiger partial charge in [0.1, 0.15) is 5.75 Å². The highest BCUT2D eigenvalue weighted by Crippen LogP contribution is 2.31. The summed E-state index contributed by atoms with van der Waals surface area (Å²) in [6, 6.07) is 12.1. The molecule has 0 radical (unpaired) electrons. The molecule has 0 bridgehead atoms. The van der Waals surface area contributed by atoms with Crippen LogP contribution in [0.3, 0.4) is 0 Å². The third-order valence-electron chi connectivity index (χ3n) is 4.18. The van der Waals surface area contributed by atoms with Gasteiger partial charge in [-0.25, -0.2) is 0 Å². The largest absolute Gasteiger partial charge is 0.497 e. The normalized spacial score (nSPS) is 10.8. The molecule has 1 amide bonds. The van der Waals surface area contributed by atoms with E-state index in [9.17, 15) is 4.79 Å². The van der Waals surface area contributed by atoms with Crippen LogP contribution in [-0.2, 0) is 10.5 Å². The topological polar surface area (TPSA) is 64.1 Å². The molecular weight excluding hydrogens is 422 g/mol. The Morgan fingerprint density at radius 2 is 1.66 bits per heavy atom. The summed E-state index contributed by atoms with van der Waals surface area (Å²) in [4.78, 5) is 12.4. The number of amides is 1. The molecule has 152 valence electrons. The molecule has 0 aliphatic carbocycles. The van der Waals surface area contributed by atoms with Crippen molar-refractivity contribution in [1.29, 1.82) is 0 Å². The van der Waals surface area contributed by atoms with Gasteiger partial charge >= 0.3 is 0 Å². The van der Waals surface area contributed by atoms with Crippen molar-refractivity contribution >= 4 is 46.5 Å². The summed E-state index contributed by atoms with van der Waals surface area (Å²) in [5.41, 5.74) is 5.45. The second kappa shape index (κ2) is 10.1. The number of aromatic nitrogens is 2. The van der Waals surface area contributed by atoms with Crippen LogP contribution in [0.2, 0.25) is 0 Å². The first-order valence-electron chi connectivity index (χ1n) is 9.04. The van der Waals surface area contributed by atoms with Gasteiger partial charge in [-0.2, -0.15) is 0 Å². The number of hydrogen-bond donors (Lipinski definition) is 1. The summed E-state index contributed by atoms with van der Waals surface area (Å²) in [5.74, 6) is 1.94. The molecule has 8 heteroatoms. The summed E-state index contributed by atoms with van der Waals surface area (Å²) in [6.07, 6.45) is 0. The highest BCUT2D eigenvalue weighted by Gasteiger charge is 2.11. The average molecular weight is 446 g/mol. The van der Waals surface area contributed by atoms with Crippen LogP contribution in [0.4, 0.5) is 5.69 Å². The predicted molar refractivity (Wildman–Crippen MR) is 122 cm³/mol. The maximum Gasteiger partial charge on any atom is 0.234 e. The van der Waals surface area contributed by atoms with Crippen molar-refractivity contribution in [3.8, 4) is 5.75 Å². The molecule has 0 spiro atoms.